The molecule has 0 radical (unpaired) electrons. The van der Waals surface area contributed by atoms with E-state index in [-0.39, 0.29) is 11.5 Å². The second kappa shape index (κ2) is 6.60. The van der Waals surface area contributed by atoms with E-state index < -0.39 is 5.91 Å². The number of carbonyl (C=O) groups excluding carboxylic acids is 2. The molecule has 128 valence electrons. The monoisotopic (exact) mass is 354 g/mol. The van der Waals surface area contributed by atoms with E-state index in [0.29, 0.717) is 10.6 Å². The Morgan fingerprint density at radius 1 is 1.20 bits per heavy atom. The second-order valence-electron chi connectivity index (χ2n) is 5.68. The van der Waals surface area contributed by atoms with Crippen LogP contribution in [-0.2, 0) is 6.42 Å². The third-order valence-electron chi connectivity index (χ3n) is 3.98. The van der Waals surface area contributed by atoms with E-state index in [0.717, 1.165) is 33.7 Å². The first-order valence-electron chi connectivity index (χ1n) is 7.89. The van der Waals surface area contributed by atoms with Crippen molar-refractivity contribution in [1.82, 2.24) is 9.97 Å². The van der Waals surface area contributed by atoms with Crippen molar-refractivity contribution in [2.45, 2.75) is 27.2 Å². The SMILES string of the molecule is CCc1nc(C)c2c(C)c(C(=O)Nc3ccccc3C(N)=O)sc2n1. The van der Waals surface area contributed by atoms with E-state index in [1.54, 1.807) is 24.3 Å². The highest BCUT2D eigenvalue weighted by atomic mass is 32.1. The maximum Gasteiger partial charge on any atom is 0.266 e. The normalized spacial score (nSPS) is 10.8. The predicted octanol–water partition coefficient (Wildman–Crippen LogP) is 3.22. The molecule has 7 heteroatoms. The van der Waals surface area contributed by atoms with Gasteiger partial charge in [0.15, 0.2) is 0 Å². The van der Waals surface area contributed by atoms with E-state index in [4.69, 9.17) is 5.73 Å². The number of hydrogen-bond acceptors (Lipinski definition) is 5. The molecule has 0 fully saturated rings. The molecule has 0 aliphatic carbocycles. The van der Waals surface area contributed by atoms with Crippen LogP contribution in [0.1, 0.15) is 44.0 Å². The van der Waals surface area contributed by atoms with Gasteiger partial charge in [0.05, 0.1) is 16.1 Å². The van der Waals surface area contributed by atoms with Crippen molar-refractivity contribution >= 4 is 39.1 Å². The van der Waals surface area contributed by atoms with Crippen LogP contribution in [0.5, 0.6) is 0 Å². The summed E-state index contributed by atoms with van der Waals surface area (Å²) >= 11 is 1.33. The van der Waals surface area contributed by atoms with Gasteiger partial charge in [-0.2, -0.15) is 0 Å². The molecule has 2 heterocycles. The van der Waals surface area contributed by atoms with E-state index in [1.165, 1.54) is 11.3 Å². The number of anilines is 1. The summed E-state index contributed by atoms with van der Waals surface area (Å²) in [4.78, 5) is 34.6. The Bertz CT molecular complexity index is 994. The minimum atomic E-state index is -0.585. The topological polar surface area (TPSA) is 98.0 Å². The average molecular weight is 354 g/mol. The number of nitrogens with zero attached hydrogens (tertiary/aromatic N) is 2. The minimum Gasteiger partial charge on any atom is -0.366 e. The summed E-state index contributed by atoms with van der Waals surface area (Å²) in [5.41, 5.74) is 7.75. The largest absolute Gasteiger partial charge is 0.366 e. The number of para-hydroxylation sites is 1. The van der Waals surface area contributed by atoms with Gasteiger partial charge >= 0.3 is 0 Å². The molecule has 0 unspecified atom stereocenters. The van der Waals surface area contributed by atoms with Crippen molar-refractivity contribution in [3.63, 3.8) is 0 Å². The van der Waals surface area contributed by atoms with Crippen LogP contribution in [0, 0.1) is 13.8 Å². The number of thiophene rings is 1. The van der Waals surface area contributed by atoms with Gasteiger partial charge in [0.1, 0.15) is 10.7 Å². The lowest BCUT2D eigenvalue weighted by Gasteiger charge is -2.08. The molecule has 0 spiro atoms. The predicted molar refractivity (Wildman–Crippen MR) is 99.2 cm³/mol. The van der Waals surface area contributed by atoms with Gasteiger partial charge in [-0.05, 0) is 31.5 Å². The van der Waals surface area contributed by atoms with Gasteiger partial charge < -0.3 is 11.1 Å². The molecule has 0 atom stereocenters. The fourth-order valence-electron chi connectivity index (χ4n) is 2.76. The van der Waals surface area contributed by atoms with Crippen molar-refractivity contribution in [2.75, 3.05) is 5.32 Å². The Kier molecular flexibility index (Phi) is 4.50. The molecule has 0 aliphatic rings. The molecule has 3 N–H and O–H groups in total. The number of nitrogens with one attached hydrogen (secondary N) is 1. The van der Waals surface area contributed by atoms with Crippen LogP contribution < -0.4 is 11.1 Å². The van der Waals surface area contributed by atoms with Crippen LogP contribution >= 0.6 is 11.3 Å². The second-order valence-corrected chi connectivity index (χ2v) is 6.68. The lowest BCUT2D eigenvalue weighted by Crippen LogP contribution is -2.18. The smallest absolute Gasteiger partial charge is 0.266 e. The van der Waals surface area contributed by atoms with Gasteiger partial charge in [-0.3, -0.25) is 9.59 Å². The molecule has 0 bridgehead atoms. The third-order valence-corrected chi connectivity index (χ3v) is 5.17. The number of nitrogens with two attached hydrogens (primary N) is 1. The molecule has 6 nitrogen and oxygen atoms in total. The van der Waals surface area contributed by atoms with E-state index in [1.807, 2.05) is 20.8 Å². The fraction of sp³-hybridized carbons (Fsp3) is 0.222. The van der Waals surface area contributed by atoms with Gasteiger partial charge in [0.25, 0.3) is 11.8 Å². The maximum atomic E-state index is 12.7. The summed E-state index contributed by atoms with van der Waals surface area (Å²) in [6, 6.07) is 6.68. The molecule has 0 saturated heterocycles. The Hall–Kier alpha value is -2.80. The Morgan fingerprint density at radius 2 is 1.92 bits per heavy atom. The number of aromatic nitrogens is 2. The molecule has 0 aliphatic heterocycles. The Labute approximate surface area is 149 Å². The number of benzene rings is 1. The number of amides is 2. The first-order valence-corrected chi connectivity index (χ1v) is 8.70. The van der Waals surface area contributed by atoms with E-state index in [9.17, 15) is 9.59 Å². The average Bonchev–Trinajstić information content (AvgIpc) is 2.92. The van der Waals surface area contributed by atoms with Crippen molar-refractivity contribution in [3.8, 4) is 0 Å². The zero-order valence-corrected chi connectivity index (χ0v) is 15.0. The van der Waals surface area contributed by atoms with Crippen molar-refractivity contribution in [2.24, 2.45) is 5.73 Å². The third kappa shape index (κ3) is 3.10. The fourth-order valence-corrected chi connectivity index (χ4v) is 3.90. The number of carbonyl (C=O) groups is 2. The van der Waals surface area contributed by atoms with Crippen molar-refractivity contribution in [1.29, 1.82) is 0 Å². The Balaban J connectivity index is 2.02. The molecule has 3 rings (SSSR count). The van der Waals surface area contributed by atoms with Crippen LogP contribution in [0.4, 0.5) is 5.69 Å². The van der Waals surface area contributed by atoms with E-state index in [2.05, 4.69) is 15.3 Å². The van der Waals surface area contributed by atoms with Crippen LogP contribution in [0.15, 0.2) is 24.3 Å². The van der Waals surface area contributed by atoms with Gasteiger partial charge in [-0.25, -0.2) is 9.97 Å². The number of fused-ring (bicyclic) bond motifs is 1. The van der Waals surface area contributed by atoms with E-state index >= 15 is 0 Å². The maximum absolute atomic E-state index is 12.7. The molecular formula is C18H18N4O2S. The molecule has 2 aromatic heterocycles. The number of hydrogen-bond donors (Lipinski definition) is 2. The summed E-state index contributed by atoms with van der Waals surface area (Å²) in [6.07, 6.45) is 0.737. The minimum absolute atomic E-state index is 0.277. The first kappa shape index (κ1) is 17.0. The first-order chi connectivity index (χ1) is 11.9. The standard InChI is InChI=1S/C18H18N4O2S/c1-4-13-20-10(3)14-9(2)15(25-18(14)22-13)17(24)21-12-8-6-5-7-11(12)16(19)23/h5-8H,4H2,1-3H3,(H2,19,23)(H,21,24). The quantitative estimate of drug-likeness (QED) is 0.751. The lowest BCUT2D eigenvalue weighted by atomic mass is 10.1. The van der Waals surface area contributed by atoms with Gasteiger partial charge in [0, 0.05) is 17.5 Å². The van der Waals surface area contributed by atoms with Crippen LogP contribution in [-0.4, -0.2) is 21.8 Å². The molecular weight excluding hydrogens is 336 g/mol. The Morgan fingerprint density at radius 3 is 2.60 bits per heavy atom. The number of aryl methyl sites for hydroxylation is 3. The summed E-state index contributed by atoms with van der Waals surface area (Å²) < 4.78 is 0. The molecule has 3 aromatic rings. The molecule has 25 heavy (non-hydrogen) atoms. The van der Waals surface area contributed by atoms with Gasteiger partial charge in [0.2, 0.25) is 0 Å². The summed E-state index contributed by atoms with van der Waals surface area (Å²) in [5, 5.41) is 3.69. The number of primary amides is 1. The van der Waals surface area contributed by atoms with Crippen LogP contribution in [0.2, 0.25) is 0 Å². The van der Waals surface area contributed by atoms with Crippen LogP contribution in [0.25, 0.3) is 10.2 Å². The zero-order valence-electron chi connectivity index (χ0n) is 14.2. The summed E-state index contributed by atoms with van der Waals surface area (Å²) in [6.45, 7) is 5.80. The summed E-state index contributed by atoms with van der Waals surface area (Å²) in [7, 11) is 0. The highest BCUT2D eigenvalue weighted by molar-refractivity contribution is 7.20. The van der Waals surface area contributed by atoms with Crippen LogP contribution in [0.3, 0.4) is 0 Å². The lowest BCUT2D eigenvalue weighted by molar-refractivity contribution is 0.100. The molecule has 0 saturated carbocycles. The highest BCUT2D eigenvalue weighted by Crippen LogP contribution is 2.32. The highest BCUT2D eigenvalue weighted by Gasteiger charge is 2.20. The van der Waals surface area contributed by atoms with Crippen molar-refractivity contribution in [3.05, 3.63) is 51.8 Å². The zero-order chi connectivity index (χ0) is 18.1. The van der Waals surface area contributed by atoms with Gasteiger partial charge in [-0.1, -0.05) is 19.1 Å². The molecule has 1 aromatic carbocycles. The van der Waals surface area contributed by atoms with Gasteiger partial charge in [-0.15, -0.1) is 11.3 Å². The summed E-state index contributed by atoms with van der Waals surface area (Å²) in [5.74, 6) is -0.109. The van der Waals surface area contributed by atoms with Crippen molar-refractivity contribution < 1.29 is 9.59 Å². The number of rotatable bonds is 4. The molecule has 2 amide bonds.